The molecule has 0 bridgehead atoms. The Morgan fingerprint density at radius 3 is 2.38 bits per heavy atom. The average Bonchev–Trinajstić information content (AvgIpc) is 3.35. The van der Waals surface area contributed by atoms with Crippen LogP contribution in [0.5, 0.6) is 0 Å². The molecule has 0 amide bonds. The first-order chi connectivity index (χ1) is 16.4. The number of anilines is 4. The molecule has 1 aliphatic carbocycles. The minimum atomic E-state index is -4.57. The fraction of sp³-hybridized carbons (Fsp3) is 0.407. The Morgan fingerprint density at radius 2 is 1.68 bits per heavy atom. The van der Waals surface area contributed by atoms with E-state index in [4.69, 9.17) is 0 Å². The molecule has 0 aliphatic heterocycles. The number of aromatic nitrogens is 2. The molecule has 3 aromatic rings. The van der Waals surface area contributed by atoms with Gasteiger partial charge in [0.2, 0.25) is 5.95 Å². The van der Waals surface area contributed by atoms with Gasteiger partial charge in [0.25, 0.3) is 0 Å². The van der Waals surface area contributed by atoms with Gasteiger partial charge in [-0.2, -0.15) is 18.2 Å². The molecule has 1 saturated carbocycles. The van der Waals surface area contributed by atoms with Crippen LogP contribution in [0.1, 0.15) is 74.5 Å². The molecule has 1 fully saturated rings. The number of rotatable bonds is 9. The smallest absolute Gasteiger partial charge is 0.339 e. The standard InChI is InChI=1S/C27H31F3N4/c1-2-3-4-11-21-12-7-8-13-24(21)33-25-23(27(28,29)30)18-31-26(34-25)32-22-16-14-20(15-17-22)19-9-5-6-10-19/h7-8,12-19H,2-6,9-11H2,1H3,(H2,31,32,33,34). The maximum Gasteiger partial charge on any atom is 0.421 e. The summed E-state index contributed by atoms with van der Waals surface area (Å²) in [7, 11) is 0. The zero-order valence-corrected chi connectivity index (χ0v) is 19.5. The number of aryl methyl sites for hydroxylation is 1. The summed E-state index contributed by atoms with van der Waals surface area (Å²) in [6.45, 7) is 2.12. The fourth-order valence-corrected chi connectivity index (χ4v) is 4.52. The summed E-state index contributed by atoms with van der Waals surface area (Å²) in [4.78, 5) is 8.16. The van der Waals surface area contributed by atoms with Crippen molar-refractivity contribution < 1.29 is 13.2 Å². The summed E-state index contributed by atoms with van der Waals surface area (Å²) < 4.78 is 41.1. The normalized spacial score (nSPS) is 14.4. The van der Waals surface area contributed by atoms with Gasteiger partial charge in [0.05, 0.1) is 0 Å². The SMILES string of the molecule is CCCCCc1ccccc1Nc1nc(Nc2ccc(C3CCCC3)cc2)ncc1C(F)(F)F. The Labute approximate surface area is 199 Å². The number of nitrogens with zero attached hydrogens (tertiary/aromatic N) is 2. The van der Waals surface area contributed by atoms with Crippen LogP contribution < -0.4 is 10.6 Å². The molecule has 180 valence electrons. The largest absolute Gasteiger partial charge is 0.421 e. The van der Waals surface area contributed by atoms with Gasteiger partial charge in [0.15, 0.2) is 0 Å². The summed E-state index contributed by atoms with van der Waals surface area (Å²) in [5.74, 6) is 0.465. The molecule has 0 atom stereocenters. The molecule has 1 aromatic heterocycles. The first-order valence-corrected chi connectivity index (χ1v) is 12.1. The molecule has 0 saturated heterocycles. The number of hydrogen-bond donors (Lipinski definition) is 2. The lowest BCUT2D eigenvalue weighted by Gasteiger charge is -2.17. The number of benzene rings is 2. The summed E-state index contributed by atoms with van der Waals surface area (Å²) in [6, 6.07) is 15.5. The van der Waals surface area contributed by atoms with Crippen LogP contribution in [0.4, 0.5) is 36.3 Å². The van der Waals surface area contributed by atoms with E-state index in [1.807, 2.05) is 30.3 Å². The van der Waals surface area contributed by atoms with Crippen LogP contribution in [-0.2, 0) is 12.6 Å². The molecule has 0 unspecified atom stereocenters. The first-order valence-electron chi connectivity index (χ1n) is 12.1. The van der Waals surface area contributed by atoms with Crippen molar-refractivity contribution in [3.63, 3.8) is 0 Å². The number of halogens is 3. The third-order valence-electron chi connectivity index (χ3n) is 6.41. The molecule has 1 heterocycles. The Morgan fingerprint density at radius 1 is 0.941 bits per heavy atom. The predicted molar refractivity (Wildman–Crippen MR) is 131 cm³/mol. The average molecular weight is 469 g/mol. The van der Waals surface area contributed by atoms with E-state index in [0.717, 1.165) is 43.1 Å². The van der Waals surface area contributed by atoms with E-state index in [1.54, 1.807) is 6.07 Å². The zero-order chi connectivity index (χ0) is 24.0. The van der Waals surface area contributed by atoms with Crippen LogP contribution in [0, 0.1) is 0 Å². The lowest BCUT2D eigenvalue weighted by atomic mass is 9.98. The van der Waals surface area contributed by atoms with E-state index in [1.165, 1.54) is 31.2 Å². The molecular formula is C27H31F3N4. The minimum Gasteiger partial charge on any atom is -0.339 e. The van der Waals surface area contributed by atoms with E-state index in [2.05, 4.69) is 39.7 Å². The van der Waals surface area contributed by atoms with E-state index in [0.29, 0.717) is 11.6 Å². The Hall–Kier alpha value is -3.09. The molecule has 0 radical (unpaired) electrons. The van der Waals surface area contributed by atoms with Gasteiger partial charge in [0.1, 0.15) is 11.4 Å². The fourth-order valence-electron chi connectivity index (χ4n) is 4.52. The second-order valence-corrected chi connectivity index (χ2v) is 8.92. The molecular weight excluding hydrogens is 437 g/mol. The van der Waals surface area contributed by atoms with Crippen molar-refractivity contribution in [2.24, 2.45) is 0 Å². The van der Waals surface area contributed by atoms with Crippen LogP contribution in [-0.4, -0.2) is 9.97 Å². The van der Waals surface area contributed by atoms with Gasteiger partial charge in [-0.05, 0) is 60.9 Å². The van der Waals surface area contributed by atoms with Crippen LogP contribution >= 0.6 is 0 Å². The van der Waals surface area contributed by atoms with Crippen molar-refractivity contribution in [3.8, 4) is 0 Å². The summed E-state index contributed by atoms with van der Waals surface area (Å²) >= 11 is 0. The number of nitrogens with one attached hydrogen (secondary N) is 2. The summed E-state index contributed by atoms with van der Waals surface area (Å²) in [5.41, 5.74) is 2.76. The van der Waals surface area contributed by atoms with Gasteiger partial charge in [-0.15, -0.1) is 0 Å². The van der Waals surface area contributed by atoms with Gasteiger partial charge >= 0.3 is 6.18 Å². The second-order valence-electron chi connectivity index (χ2n) is 8.92. The van der Waals surface area contributed by atoms with E-state index in [9.17, 15) is 13.2 Å². The molecule has 2 aromatic carbocycles. The topological polar surface area (TPSA) is 49.8 Å². The molecule has 0 spiro atoms. The van der Waals surface area contributed by atoms with Crippen LogP contribution in [0.15, 0.2) is 54.7 Å². The molecule has 7 heteroatoms. The van der Waals surface area contributed by atoms with Crippen LogP contribution in [0.2, 0.25) is 0 Å². The Bertz CT molecular complexity index is 1070. The van der Waals surface area contributed by atoms with Gasteiger partial charge in [-0.1, -0.05) is 62.9 Å². The summed E-state index contributed by atoms with van der Waals surface area (Å²) in [5, 5.41) is 5.99. The minimum absolute atomic E-state index is 0.118. The van der Waals surface area contributed by atoms with Gasteiger partial charge in [-0.3, -0.25) is 0 Å². The molecule has 4 nitrogen and oxygen atoms in total. The summed E-state index contributed by atoms with van der Waals surface area (Å²) in [6.07, 6.45) is 5.15. The Balaban J connectivity index is 1.56. The molecule has 34 heavy (non-hydrogen) atoms. The van der Waals surface area contributed by atoms with Crippen molar-refractivity contribution in [3.05, 3.63) is 71.4 Å². The van der Waals surface area contributed by atoms with Gasteiger partial charge < -0.3 is 10.6 Å². The van der Waals surface area contributed by atoms with Crippen LogP contribution in [0.25, 0.3) is 0 Å². The van der Waals surface area contributed by atoms with Crippen molar-refractivity contribution in [1.82, 2.24) is 9.97 Å². The van der Waals surface area contributed by atoms with E-state index >= 15 is 0 Å². The molecule has 4 rings (SSSR count). The van der Waals surface area contributed by atoms with Crippen LogP contribution in [0.3, 0.4) is 0 Å². The number of alkyl halides is 3. The maximum absolute atomic E-state index is 13.7. The highest BCUT2D eigenvalue weighted by Crippen LogP contribution is 2.37. The van der Waals surface area contributed by atoms with Crippen molar-refractivity contribution in [2.45, 2.75) is 70.4 Å². The predicted octanol–water partition coefficient (Wildman–Crippen LogP) is 8.37. The lowest BCUT2D eigenvalue weighted by Crippen LogP contribution is -2.13. The zero-order valence-electron chi connectivity index (χ0n) is 19.5. The lowest BCUT2D eigenvalue weighted by molar-refractivity contribution is -0.137. The van der Waals surface area contributed by atoms with Crippen molar-refractivity contribution >= 4 is 23.1 Å². The highest BCUT2D eigenvalue weighted by Gasteiger charge is 2.35. The van der Waals surface area contributed by atoms with E-state index < -0.39 is 11.7 Å². The molecule has 1 aliphatic rings. The highest BCUT2D eigenvalue weighted by molar-refractivity contribution is 5.65. The monoisotopic (exact) mass is 468 g/mol. The Kier molecular flexibility index (Phi) is 7.70. The van der Waals surface area contributed by atoms with Crippen molar-refractivity contribution in [2.75, 3.05) is 10.6 Å². The number of unbranched alkanes of at least 4 members (excludes halogenated alkanes) is 2. The highest BCUT2D eigenvalue weighted by atomic mass is 19.4. The maximum atomic E-state index is 13.7. The quantitative estimate of drug-likeness (QED) is 0.310. The van der Waals surface area contributed by atoms with Crippen molar-refractivity contribution in [1.29, 1.82) is 0 Å². The molecule has 2 N–H and O–H groups in total. The first kappa shape index (κ1) is 24.0. The second kappa shape index (κ2) is 10.9. The van der Waals surface area contributed by atoms with E-state index in [-0.39, 0.29) is 11.8 Å². The van der Waals surface area contributed by atoms with Gasteiger partial charge in [-0.25, -0.2) is 4.98 Å². The van der Waals surface area contributed by atoms with Gasteiger partial charge in [0, 0.05) is 17.6 Å². The third-order valence-corrected chi connectivity index (χ3v) is 6.41. The number of hydrogen-bond acceptors (Lipinski definition) is 4. The third kappa shape index (κ3) is 6.07. The number of para-hydroxylation sites is 1.